The van der Waals surface area contributed by atoms with Crippen LogP contribution in [0.4, 0.5) is 0 Å². The lowest BCUT2D eigenvalue weighted by atomic mass is 10.0. The topological polar surface area (TPSA) is 115 Å². The van der Waals surface area contributed by atoms with Crippen LogP contribution in [0.5, 0.6) is 0 Å². The average Bonchev–Trinajstić information content (AvgIpc) is 2.82. The van der Waals surface area contributed by atoms with Crippen LogP contribution in [-0.4, -0.2) is 77.0 Å². The van der Waals surface area contributed by atoms with E-state index in [0.717, 1.165) is 16.7 Å². The molecule has 0 fully saturated rings. The molecule has 198 valence electrons. The van der Waals surface area contributed by atoms with Crippen LogP contribution in [-0.2, 0) is 14.2 Å². The molecule has 3 N–H and O–H groups in total. The van der Waals surface area contributed by atoms with Gasteiger partial charge in [0.25, 0.3) is 17.7 Å². The van der Waals surface area contributed by atoms with Crippen molar-refractivity contribution in [2.75, 3.05) is 59.3 Å². The molecule has 3 amide bonds. The molecular weight excluding hydrogens is 462 g/mol. The lowest BCUT2D eigenvalue weighted by molar-refractivity contribution is 0.0926. The minimum absolute atomic E-state index is 0.185. The van der Waals surface area contributed by atoms with Gasteiger partial charge >= 0.3 is 0 Å². The quantitative estimate of drug-likeness (QED) is 0.210. The molecule has 0 atom stereocenters. The summed E-state index contributed by atoms with van der Waals surface area (Å²) >= 11 is 0. The van der Waals surface area contributed by atoms with Crippen LogP contribution in [0.2, 0.25) is 0 Å². The van der Waals surface area contributed by atoms with E-state index < -0.39 is 17.7 Å². The van der Waals surface area contributed by atoms with Crippen LogP contribution in [0, 0.1) is 0 Å². The molecule has 9 nitrogen and oxygen atoms in total. The molecule has 0 spiro atoms. The predicted molar refractivity (Wildman–Crippen MR) is 140 cm³/mol. The molecule has 1 rings (SSSR count). The van der Waals surface area contributed by atoms with Crippen molar-refractivity contribution in [3.05, 3.63) is 71.3 Å². The molecule has 0 aliphatic rings. The van der Waals surface area contributed by atoms with Gasteiger partial charge in [0.1, 0.15) is 0 Å². The zero-order valence-electron chi connectivity index (χ0n) is 21.7. The molecule has 0 aliphatic heterocycles. The molecule has 0 radical (unpaired) electrons. The number of nitrogens with one attached hydrogen (secondary N) is 3. The molecular formula is C27H39N3O6. The van der Waals surface area contributed by atoms with Crippen LogP contribution >= 0.6 is 0 Å². The Morgan fingerprint density at radius 2 is 0.833 bits per heavy atom. The van der Waals surface area contributed by atoms with Gasteiger partial charge in [-0.1, -0.05) is 36.5 Å². The smallest absolute Gasteiger partial charge is 0.251 e. The second kappa shape index (κ2) is 17.2. The van der Waals surface area contributed by atoms with Gasteiger partial charge in [-0.25, -0.2) is 0 Å². The van der Waals surface area contributed by atoms with Crippen LogP contribution in [0.25, 0.3) is 0 Å². The second-order valence-electron chi connectivity index (χ2n) is 8.60. The number of ether oxygens (including phenoxy) is 3. The minimum Gasteiger partial charge on any atom is -0.375 e. The van der Waals surface area contributed by atoms with Gasteiger partial charge in [-0.15, -0.1) is 0 Å². The van der Waals surface area contributed by atoms with E-state index in [4.69, 9.17) is 14.2 Å². The molecule has 0 heterocycles. The third-order valence-corrected chi connectivity index (χ3v) is 4.36. The summed E-state index contributed by atoms with van der Waals surface area (Å²) in [6.45, 7) is 19.7. The fraction of sp³-hybridized carbons (Fsp3) is 0.444. The van der Waals surface area contributed by atoms with Gasteiger partial charge in [0.15, 0.2) is 0 Å². The maximum absolute atomic E-state index is 12.7. The molecule has 0 saturated carbocycles. The van der Waals surface area contributed by atoms with E-state index in [2.05, 4.69) is 35.7 Å². The van der Waals surface area contributed by atoms with Gasteiger partial charge in [0.05, 0.1) is 39.6 Å². The fourth-order valence-electron chi connectivity index (χ4n) is 2.78. The highest BCUT2D eigenvalue weighted by Crippen LogP contribution is 2.12. The first-order valence-corrected chi connectivity index (χ1v) is 11.8. The number of carbonyl (C=O) groups is 3. The average molecular weight is 502 g/mol. The number of carbonyl (C=O) groups excluding carboxylic acids is 3. The number of amides is 3. The van der Waals surface area contributed by atoms with Crippen molar-refractivity contribution in [3.8, 4) is 0 Å². The highest BCUT2D eigenvalue weighted by atomic mass is 16.5. The maximum Gasteiger partial charge on any atom is 0.251 e. The van der Waals surface area contributed by atoms with Gasteiger partial charge < -0.3 is 30.2 Å². The fourth-order valence-corrected chi connectivity index (χ4v) is 2.78. The van der Waals surface area contributed by atoms with E-state index in [1.807, 2.05) is 20.8 Å². The van der Waals surface area contributed by atoms with Crippen molar-refractivity contribution in [3.63, 3.8) is 0 Å². The molecule has 1 aromatic rings. The maximum atomic E-state index is 12.7. The van der Waals surface area contributed by atoms with Crippen molar-refractivity contribution in [2.24, 2.45) is 0 Å². The number of hydrogen-bond donors (Lipinski definition) is 3. The standard InChI is InChI=1S/C27H39N3O6/c1-19(2)16-34-10-7-28-25(31)22-13-23(26(32)29-8-11-35-17-20(3)4)15-24(14-22)27(33)30-9-12-36-18-21(5)6/h13-15H,1,3,5,7-12,16-18H2,2,4,6H3,(H,28,31)(H,29,32)(H,30,33). The molecule has 0 bridgehead atoms. The Balaban J connectivity index is 2.85. The Labute approximate surface area is 214 Å². The van der Waals surface area contributed by atoms with E-state index in [1.165, 1.54) is 18.2 Å². The molecule has 1 aromatic carbocycles. The monoisotopic (exact) mass is 501 g/mol. The first-order valence-electron chi connectivity index (χ1n) is 11.8. The van der Waals surface area contributed by atoms with Crippen molar-refractivity contribution < 1.29 is 28.6 Å². The summed E-state index contributed by atoms with van der Waals surface area (Å²) in [6, 6.07) is 4.34. The first kappa shape index (κ1) is 30.8. The molecule has 36 heavy (non-hydrogen) atoms. The molecule has 9 heteroatoms. The summed E-state index contributed by atoms with van der Waals surface area (Å²) in [7, 11) is 0. The predicted octanol–water partition coefficient (Wildman–Crippen LogP) is 2.65. The highest BCUT2D eigenvalue weighted by molar-refractivity contribution is 6.04. The van der Waals surface area contributed by atoms with Crippen molar-refractivity contribution in [1.29, 1.82) is 0 Å². The lowest BCUT2D eigenvalue weighted by Gasteiger charge is -2.12. The summed E-state index contributed by atoms with van der Waals surface area (Å²) < 4.78 is 16.2. The molecule has 0 aliphatic carbocycles. The Bertz CT molecular complexity index is 810. The van der Waals surface area contributed by atoms with Gasteiger partial charge in [-0.2, -0.15) is 0 Å². The van der Waals surface area contributed by atoms with Crippen LogP contribution in [0.1, 0.15) is 51.8 Å². The van der Waals surface area contributed by atoms with Crippen LogP contribution in [0.3, 0.4) is 0 Å². The molecule has 0 aromatic heterocycles. The van der Waals surface area contributed by atoms with Crippen LogP contribution < -0.4 is 16.0 Å². The Morgan fingerprint density at radius 3 is 1.06 bits per heavy atom. The Kier molecular flexibility index (Phi) is 14.7. The van der Waals surface area contributed by atoms with E-state index in [-0.39, 0.29) is 36.3 Å². The summed E-state index contributed by atoms with van der Waals surface area (Å²) in [6.07, 6.45) is 0. The summed E-state index contributed by atoms with van der Waals surface area (Å²) in [5.41, 5.74) is 3.20. The van der Waals surface area contributed by atoms with Gasteiger partial charge in [-0.05, 0) is 39.0 Å². The van der Waals surface area contributed by atoms with E-state index in [9.17, 15) is 14.4 Å². The molecule has 0 saturated heterocycles. The van der Waals surface area contributed by atoms with Gasteiger partial charge in [0, 0.05) is 36.3 Å². The van der Waals surface area contributed by atoms with Crippen molar-refractivity contribution in [2.45, 2.75) is 20.8 Å². The lowest BCUT2D eigenvalue weighted by Crippen LogP contribution is -2.31. The Morgan fingerprint density at radius 1 is 0.583 bits per heavy atom. The van der Waals surface area contributed by atoms with Gasteiger partial charge in [0.2, 0.25) is 0 Å². The molecule has 0 unspecified atom stereocenters. The van der Waals surface area contributed by atoms with Crippen molar-refractivity contribution >= 4 is 17.7 Å². The number of rotatable bonds is 18. The number of benzene rings is 1. The zero-order chi connectivity index (χ0) is 26.9. The summed E-state index contributed by atoms with van der Waals surface area (Å²) in [5.74, 6) is -1.27. The minimum atomic E-state index is -0.424. The normalized spacial score (nSPS) is 10.4. The number of hydrogen-bond acceptors (Lipinski definition) is 6. The van der Waals surface area contributed by atoms with Crippen molar-refractivity contribution in [1.82, 2.24) is 16.0 Å². The first-order chi connectivity index (χ1) is 17.1. The summed E-state index contributed by atoms with van der Waals surface area (Å²) in [5, 5.41) is 8.20. The van der Waals surface area contributed by atoms with E-state index in [0.29, 0.717) is 39.6 Å². The third kappa shape index (κ3) is 13.6. The second-order valence-corrected chi connectivity index (χ2v) is 8.60. The summed E-state index contributed by atoms with van der Waals surface area (Å²) in [4.78, 5) is 38.1. The largest absolute Gasteiger partial charge is 0.375 e. The van der Waals surface area contributed by atoms with Gasteiger partial charge in [-0.3, -0.25) is 14.4 Å². The highest BCUT2D eigenvalue weighted by Gasteiger charge is 2.16. The van der Waals surface area contributed by atoms with E-state index >= 15 is 0 Å². The SMILES string of the molecule is C=C(C)COCCNC(=O)c1cc(C(=O)NCCOCC(=C)C)cc(C(=O)NCCOCC(=C)C)c1. The Hall–Kier alpha value is -3.27. The third-order valence-electron chi connectivity index (χ3n) is 4.36. The zero-order valence-corrected chi connectivity index (χ0v) is 21.7. The van der Waals surface area contributed by atoms with E-state index in [1.54, 1.807) is 0 Å². The van der Waals surface area contributed by atoms with Crippen LogP contribution in [0.15, 0.2) is 54.7 Å².